The zero-order valence-electron chi connectivity index (χ0n) is 11.0. The van der Waals surface area contributed by atoms with Crippen LogP contribution in [0.4, 0.5) is 5.82 Å². The smallest absolute Gasteiger partial charge is 0.131 e. The van der Waals surface area contributed by atoms with E-state index in [2.05, 4.69) is 27.9 Å². The molecule has 2 aromatic rings. The maximum atomic E-state index is 5.85. The van der Waals surface area contributed by atoms with Gasteiger partial charge in [-0.3, -0.25) is 0 Å². The molecule has 0 saturated heterocycles. The Balaban J connectivity index is 2.39. The maximum Gasteiger partial charge on any atom is 0.131 e. The molecule has 0 aliphatic carbocycles. The Bertz CT molecular complexity index is 576. The van der Waals surface area contributed by atoms with Crippen molar-refractivity contribution in [1.29, 1.82) is 0 Å². The van der Waals surface area contributed by atoms with Crippen LogP contribution in [0.5, 0.6) is 0 Å². The first-order chi connectivity index (χ1) is 8.45. The molecule has 2 heterocycles. The lowest BCUT2D eigenvalue weighted by atomic mass is 10.3. The fourth-order valence-corrected chi connectivity index (χ4v) is 2.75. The summed E-state index contributed by atoms with van der Waals surface area (Å²) in [7, 11) is 0. The first-order valence-electron chi connectivity index (χ1n) is 5.69. The number of rotatable bonds is 2. The van der Waals surface area contributed by atoms with Gasteiger partial charge in [-0.2, -0.15) is 0 Å². The second-order valence-electron chi connectivity index (χ2n) is 4.31. The van der Waals surface area contributed by atoms with E-state index in [0.29, 0.717) is 11.6 Å². The molecule has 94 valence electrons. The summed E-state index contributed by atoms with van der Waals surface area (Å²) in [5, 5.41) is 1.81. The number of pyridine rings is 1. The molecule has 2 rings (SSSR count). The minimum absolute atomic E-state index is 0.536. The molecule has 0 radical (unpaired) electrons. The Morgan fingerprint density at radius 1 is 1.00 bits per heavy atom. The molecule has 0 atom stereocenters. The van der Waals surface area contributed by atoms with Crippen molar-refractivity contribution in [1.82, 2.24) is 15.0 Å². The molecule has 0 aliphatic heterocycles. The van der Waals surface area contributed by atoms with Crippen molar-refractivity contribution < 1.29 is 0 Å². The van der Waals surface area contributed by atoms with E-state index >= 15 is 0 Å². The van der Waals surface area contributed by atoms with E-state index in [0.717, 1.165) is 21.3 Å². The Morgan fingerprint density at radius 2 is 1.72 bits per heavy atom. The molecule has 0 unspecified atom stereocenters. The number of hydrogen-bond acceptors (Lipinski definition) is 5. The van der Waals surface area contributed by atoms with Crippen molar-refractivity contribution in [3.05, 3.63) is 34.8 Å². The van der Waals surface area contributed by atoms with Crippen LogP contribution in [0.2, 0.25) is 0 Å². The van der Waals surface area contributed by atoms with Crippen LogP contribution < -0.4 is 5.73 Å². The van der Waals surface area contributed by atoms with Gasteiger partial charge in [0, 0.05) is 11.3 Å². The van der Waals surface area contributed by atoms with Crippen molar-refractivity contribution >= 4 is 17.6 Å². The third-order valence-corrected chi connectivity index (χ3v) is 3.54. The third-order valence-electron chi connectivity index (χ3n) is 2.53. The highest BCUT2D eigenvalue weighted by atomic mass is 32.2. The van der Waals surface area contributed by atoms with Crippen LogP contribution in [-0.4, -0.2) is 15.0 Å². The van der Waals surface area contributed by atoms with Gasteiger partial charge >= 0.3 is 0 Å². The fourth-order valence-electron chi connectivity index (χ4n) is 1.68. The minimum atomic E-state index is 0.536. The SMILES string of the molecule is Cc1cc(C)nc(Sc2nc(C)nc(N)c2C)c1. The van der Waals surface area contributed by atoms with Gasteiger partial charge in [0.25, 0.3) is 0 Å². The number of nitrogens with two attached hydrogens (primary N) is 1. The normalized spacial score (nSPS) is 10.7. The molecule has 5 heteroatoms. The van der Waals surface area contributed by atoms with Gasteiger partial charge in [-0.25, -0.2) is 15.0 Å². The van der Waals surface area contributed by atoms with Crippen LogP contribution in [0.25, 0.3) is 0 Å². The molecule has 18 heavy (non-hydrogen) atoms. The maximum absolute atomic E-state index is 5.85. The lowest BCUT2D eigenvalue weighted by Crippen LogP contribution is -2.01. The van der Waals surface area contributed by atoms with Crippen molar-refractivity contribution in [3.8, 4) is 0 Å². The number of aryl methyl sites for hydroxylation is 3. The topological polar surface area (TPSA) is 64.7 Å². The van der Waals surface area contributed by atoms with Gasteiger partial charge in [0.15, 0.2) is 0 Å². The number of nitrogens with zero attached hydrogens (tertiary/aromatic N) is 3. The van der Waals surface area contributed by atoms with E-state index in [1.54, 1.807) is 0 Å². The van der Waals surface area contributed by atoms with Crippen LogP contribution >= 0.6 is 11.8 Å². The van der Waals surface area contributed by atoms with Gasteiger partial charge in [0.1, 0.15) is 21.7 Å². The van der Waals surface area contributed by atoms with Crippen molar-refractivity contribution in [2.24, 2.45) is 0 Å². The van der Waals surface area contributed by atoms with Gasteiger partial charge in [0.05, 0.1) is 0 Å². The molecule has 0 saturated carbocycles. The highest BCUT2D eigenvalue weighted by Gasteiger charge is 2.09. The van der Waals surface area contributed by atoms with Gasteiger partial charge in [-0.15, -0.1) is 0 Å². The Hall–Kier alpha value is -1.62. The van der Waals surface area contributed by atoms with Crippen LogP contribution in [-0.2, 0) is 0 Å². The lowest BCUT2D eigenvalue weighted by Gasteiger charge is -2.08. The highest BCUT2D eigenvalue weighted by molar-refractivity contribution is 7.99. The Kier molecular flexibility index (Phi) is 3.52. The van der Waals surface area contributed by atoms with Crippen LogP contribution in [0.1, 0.15) is 22.6 Å². The molecule has 0 amide bonds. The number of hydrogen-bond donors (Lipinski definition) is 1. The average molecular weight is 260 g/mol. The lowest BCUT2D eigenvalue weighted by molar-refractivity contribution is 0.941. The fraction of sp³-hybridized carbons (Fsp3) is 0.308. The average Bonchev–Trinajstić information content (AvgIpc) is 2.23. The quantitative estimate of drug-likeness (QED) is 0.841. The third kappa shape index (κ3) is 2.79. The molecule has 0 aromatic carbocycles. The molecular formula is C13H16N4S. The summed E-state index contributed by atoms with van der Waals surface area (Å²) in [5.74, 6) is 1.22. The second-order valence-corrected chi connectivity index (χ2v) is 5.32. The summed E-state index contributed by atoms with van der Waals surface area (Å²) >= 11 is 1.53. The van der Waals surface area contributed by atoms with Gasteiger partial charge in [0.2, 0.25) is 0 Å². The molecular weight excluding hydrogens is 244 g/mol. The number of anilines is 1. The van der Waals surface area contributed by atoms with Gasteiger partial charge < -0.3 is 5.73 Å². The first kappa shape index (κ1) is 12.8. The zero-order valence-corrected chi connectivity index (χ0v) is 11.8. The predicted octanol–water partition coefficient (Wildman–Crippen LogP) is 2.84. The van der Waals surface area contributed by atoms with Crippen molar-refractivity contribution in [2.75, 3.05) is 5.73 Å². The molecule has 2 N–H and O–H groups in total. The van der Waals surface area contributed by atoms with E-state index < -0.39 is 0 Å². The number of nitrogen functional groups attached to an aromatic ring is 1. The van der Waals surface area contributed by atoms with Gasteiger partial charge in [-0.1, -0.05) is 0 Å². The predicted molar refractivity (Wildman–Crippen MR) is 73.8 cm³/mol. The van der Waals surface area contributed by atoms with Crippen molar-refractivity contribution in [3.63, 3.8) is 0 Å². The summed E-state index contributed by atoms with van der Waals surface area (Å²) in [6.45, 7) is 7.82. The molecule has 4 nitrogen and oxygen atoms in total. The summed E-state index contributed by atoms with van der Waals surface area (Å²) in [4.78, 5) is 13.1. The highest BCUT2D eigenvalue weighted by Crippen LogP contribution is 2.29. The van der Waals surface area contributed by atoms with E-state index in [4.69, 9.17) is 5.73 Å². The molecule has 0 bridgehead atoms. The van der Waals surface area contributed by atoms with Crippen LogP contribution in [0, 0.1) is 27.7 Å². The minimum Gasteiger partial charge on any atom is -0.383 e. The molecule has 0 aliphatic rings. The monoisotopic (exact) mass is 260 g/mol. The van der Waals surface area contributed by atoms with E-state index in [-0.39, 0.29) is 0 Å². The second kappa shape index (κ2) is 4.94. The van der Waals surface area contributed by atoms with Gasteiger partial charge in [-0.05, 0) is 57.2 Å². The Labute approximate surface area is 111 Å². The molecule has 0 spiro atoms. The van der Waals surface area contributed by atoms with E-state index in [1.807, 2.05) is 26.8 Å². The molecule has 0 fully saturated rings. The largest absolute Gasteiger partial charge is 0.383 e. The summed E-state index contributed by atoms with van der Waals surface area (Å²) in [6, 6.07) is 4.10. The van der Waals surface area contributed by atoms with Crippen LogP contribution in [0.3, 0.4) is 0 Å². The van der Waals surface area contributed by atoms with E-state index in [1.165, 1.54) is 17.3 Å². The van der Waals surface area contributed by atoms with E-state index in [9.17, 15) is 0 Å². The number of aromatic nitrogens is 3. The van der Waals surface area contributed by atoms with Crippen molar-refractivity contribution in [2.45, 2.75) is 37.7 Å². The first-order valence-corrected chi connectivity index (χ1v) is 6.51. The summed E-state index contributed by atoms with van der Waals surface area (Å²) in [5.41, 5.74) is 8.96. The molecule has 2 aromatic heterocycles. The summed E-state index contributed by atoms with van der Waals surface area (Å²) < 4.78 is 0. The standard InChI is InChI=1S/C13H16N4S/c1-7-5-8(2)15-11(6-7)18-13-9(3)12(14)16-10(4)17-13/h5-6H,1-4H3,(H2,14,16,17). The zero-order chi connectivity index (χ0) is 13.3. The van der Waals surface area contributed by atoms with Crippen LogP contribution in [0.15, 0.2) is 22.2 Å². The Morgan fingerprint density at radius 3 is 2.39 bits per heavy atom. The summed E-state index contributed by atoms with van der Waals surface area (Å²) in [6.07, 6.45) is 0.